The third kappa shape index (κ3) is 2.24. The molecular weight excluding hydrogens is 376 g/mol. The Morgan fingerprint density at radius 1 is 1.11 bits per heavy atom. The molecule has 1 amide bonds. The van der Waals surface area contributed by atoms with Crippen molar-refractivity contribution >= 4 is 44.2 Å². The number of para-hydroxylation sites is 2. The van der Waals surface area contributed by atoms with E-state index in [1.165, 1.54) is 10.4 Å². The lowest BCUT2D eigenvalue weighted by Crippen LogP contribution is -2.29. The fourth-order valence-corrected chi connectivity index (χ4v) is 5.36. The second-order valence-electron chi connectivity index (χ2n) is 7.17. The third-order valence-electron chi connectivity index (χ3n) is 5.21. The van der Waals surface area contributed by atoms with E-state index in [2.05, 4.69) is 10.3 Å². The molecule has 2 aromatic carbocycles. The molecule has 3 aromatic rings. The Morgan fingerprint density at radius 3 is 2.68 bits per heavy atom. The molecule has 142 valence electrons. The summed E-state index contributed by atoms with van der Waals surface area (Å²) < 4.78 is 30.0. The van der Waals surface area contributed by atoms with Crippen LogP contribution < -0.4 is 9.62 Å². The summed E-state index contributed by atoms with van der Waals surface area (Å²) in [4.78, 5) is 16.9. The number of allylic oxidation sites excluding steroid dienone is 1. The van der Waals surface area contributed by atoms with Crippen LogP contribution in [0.15, 0.2) is 52.9 Å². The zero-order valence-electron chi connectivity index (χ0n) is 15.4. The summed E-state index contributed by atoms with van der Waals surface area (Å²) in [6, 6.07) is 12.4. The molecule has 0 saturated carbocycles. The molecule has 0 saturated heterocycles. The average molecular weight is 394 g/mol. The predicted molar refractivity (Wildman–Crippen MR) is 108 cm³/mol. The summed E-state index contributed by atoms with van der Waals surface area (Å²) in [6.07, 6.45) is 0. The average Bonchev–Trinajstić information content (AvgIpc) is 3.30. The van der Waals surface area contributed by atoms with Crippen molar-refractivity contribution in [3.05, 3.63) is 53.6 Å². The highest BCUT2D eigenvalue weighted by Crippen LogP contribution is 2.37. The standard InChI is InChI=1S/C20H18N4O3S/c1-12(2)18-14-11-13(7-8-15(14)21-19(18)25)28(26,27)24-10-9-23-17-6-4-3-5-16(17)22-20(23)24/h3-8,11H,9-10H2,1-2H3,(H,21,25). The van der Waals surface area contributed by atoms with Crippen molar-refractivity contribution in [1.29, 1.82) is 0 Å². The van der Waals surface area contributed by atoms with Crippen LogP contribution in [0.4, 0.5) is 11.6 Å². The normalized spacial score (nSPS) is 15.7. The number of benzene rings is 2. The minimum atomic E-state index is -3.80. The summed E-state index contributed by atoms with van der Waals surface area (Å²) in [5.41, 5.74) is 4.32. The fourth-order valence-electron chi connectivity index (χ4n) is 3.92. The van der Waals surface area contributed by atoms with Crippen molar-refractivity contribution < 1.29 is 13.2 Å². The minimum Gasteiger partial charge on any atom is -0.321 e. The molecule has 5 rings (SSSR count). The highest BCUT2D eigenvalue weighted by Gasteiger charge is 2.35. The number of nitrogens with one attached hydrogen (secondary N) is 1. The van der Waals surface area contributed by atoms with Crippen LogP contribution in [0.2, 0.25) is 0 Å². The molecule has 8 heteroatoms. The van der Waals surface area contributed by atoms with E-state index in [4.69, 9.17) is 0 Å². The molecule has 0 fully saturated rings. The Bertz CT molecular complexity index is 1300. The monoisotopic (exact) mass is 394 g/mol. The van der Waals surface area contributed by atoms with Crippen LogP contribution in [0.1, 0.15) is 19.4 Å². The maximum Gasteiger partial charge on any atom is 0.266 e. The van der Waals surface area contributed by atoms with Gasteiger partial charge in [-0.1, -0.05) is 17.7 Å². The van der Waals surface area contributed by atoms with E-state index < -0.39 is 10.0 Å². The smallest absolute Gasteiger partial charge is 0.266 e. The van der Waals surface area contributed by atoms with E-state index in [0.717, 1.165) is 16.6 Å². The first kappa shape index (κ1) is 17.0. The Labute approximate surface area is 162 Å². The molecule has 2 aliphatic heterocycles. The van der Waals surface area contributed by atoms with Gasteiger partial charge in [0.05, 0.1) is 22.5 Å². The lowest BCUT2D eigenvalue weighted by molar-refractivity contribution is -0.110. The van der Waals surface area contributed by atoms with Gasteiger partial charge in [-0.2, -0.15) is 0 Å². The minimum absolute atomic E-state index is 0.155. The Balaban J connectivity index is 1.63. The van der Waals surface area contributed by atoms with Gasteiger partial charge >= 0.3 is 0 Å². The van der Waals surface area contributed by atoms with E-state index in [0.29, 0.717) is 35.9 Å². The van der Waals surface area contributed by atoms with E-state index >= 15 is 0 Å². The number of fused-ring (bicyclic) bond motifs is 4. The van der Waals surface area contributed by atoms with Gasteiger partial charge in [-0.3, -0.25) is 4.79 Å². The summed E-state index contributed by atoms with van der Waals surface area (Å²) in [5, 5.41) is 2.79. The largest absolute Gasteiger partial charge is 0.321 e. The number of carbonyl (C=O) groups excluding carboxylic acids is 1. The molecule has 2 aliphatic rings. The van der Waals surface area contributed by atoms with Crippen LogP contribution >= 0.6 is 0 Å². The van der Waals surface area contributed by atoms with Gasteiger partial charge in [0.25, 0.3) is 15.9 Å². The highest BCUT2D eigenvalue weighted by atomic mass is 32.2. The van der Waals surface area contributed by atoms with E-state index in [-0.39, 0.29) is 10.8 Å². The number of amides is 1. The molecule has 0 spiro atoms. The summed E-state index contributed by atoms with van der Waals surface area (Å²) >= 11 is 0. The SMILES string of the molecule is CC(C)=C1C(=O)Nc2ccc(S(=O)(=O)N3CCn4c3nc3ccccc34)cc21. The number of rotatable bonds is 2. The van der Waals surface area contributed by atoms with Crippen LogP contribution in [0.25, 0.3) is 16.6 Å². The zero-order valence-corrected chi connectivity index (χ0v) is 16.2. The first-order chi connectivity index (χ1) is 13.4. The molecule has 0 radical (unpaired) electrons. The molecule has 0 bridgehead atoms. The number of imidazole rings is 1. The number of hydrogen-bond donors (Lipinski definition) is 1. The number of aromatic nitrogens is 2. The Kier molecular flexibility index (Phi) is 3.45. The zero-order chi connectivity index (χ0) is 19.6. The van der Waals surface area contributed by atoms with Crippen LogP contribution in [-0.2, 0) is 21.4 Å². The molecule has 28 heavy (non-hydrogen) atoms. The van der Waals surface area contributed by atoms with Gasteiger partial charge in [-0.05, 0) is 44.2 Å². The number of hydrogen-bond acceptors (Lipinski definition) is 4. The Morgan fingerprint density at radius 2 is 1.89 bits per heavy atom. The van der Waals surface area contributed by atoms with Crippen LogP contribution in [0, 0.1) is 0 Å². The molecular formula is C20H18N4O3S. The quantitative estimate of drug-likeness (QED) is 0.677. The fraction of sp³-hybridized carbons (Fsp3) is 0.200. The lowest BCUT2D eigenvalue weighted by atomic mass is 10.0. The number of nitrogens with zero attached hydrogens (tertiary/aromatic N) is 3. The third-order valence-corrected chi connectivity index (χ3v) is 6.98. The van der Waals surface area contributed by atoms with Crippen molar-refractivity contribution in [3.8, 4) is 0 Å². The van der Waals surface area contributed by atoms with Gasteiger partial charge in [0.1, 0.15) is 0 Å². The molecule has 0 aliphatic carbocycles. The number of anilines is 2. The maximum absolute atomic E-state index is 13.4. The van der Waals surface area contributed by atoms with Gasteiger partial charge < -0.3 is 9.88 Å². The van der Waals surface area contributed by atoms with Crippen LogP contribution in [0.5, 0.6) is 0 Å². The van der Waals surface area contributed by atoms with Crippen molar-refractivity contribution in [2.75, 3.05) is 16.2 Å². The van der Waals surface area contributed by atoms with Crippen molar-refractivity contribution in [2.45, 2.75) is 25.3 Å². The molecule has 7 nitrogen and oxygen atoms in total. The van der Waals surface area contributed by atoms with Gasteiger partial charge in [0, 0.05) is 23.4 Å². The predicted octanol–water partition coefficient (Wildman–Crippen LogP) is 2.99. The van der Waals surface area contributed by atoms with Gasteiger partial charge in [-0.25, -0.2) is 17.7 Å². The van der Waals surface area contributed by atoms with Crippen molar-refractivity contribution in [2.24, 2.45) is 0 Å². The van der Waals surface area contributed by atoms with Crippen LogP contribution in [-0.4, -0.2) is 30.4 Å². The molecule has 1 N–H and O–H groups in total. The first-order valence-corrected chi connectivity index (χ1v) is 10.4. The molecule has 0 atom stereocenters. The van der Waals surface area contributed by atoms with E-state index in [1.54, 1.807) is 12.1 Å². The lowest BCUT2D eigenvalue weighted by Gasteiger charge is -2.17. The van der Waals surface area contributed by atoms with E-state index in [1.807, 2.05) is 42.7 Å². The first-order valence-electron chi connectivity index (χ1n) is 8.99. The van der Waals surface area contributed by atoms with Crippen molar-refractivity contribution in [1.82, 2.24) is 9.55 Å². The maximum atomic E-state index is 13.4. The second kappa shape index (κ2) is 5.68. The van der Waals surface area contributed by atoms with Crippen molar-refractivity contribution in [3.63, 3.8) is 0 Å². The summed E-state index contributed by atoms with van der Waals surface area (Å²) in [7, 11) is -3.80. The summed E-state index contributed by atoms with van der Waals surface area (Å²) in [5.74, 6) is 0.228. The number of carbonyl (C=O) groups is 1. The van der Waals surface area contributed by atoms with Gasteiger partial charge in [0.2, 0.25) is 5.95 Å². The van der Waals surface area contributed by atoms with Crippen LogP contribution in [0.3, 0.4) is 0 Å². The topological polar surface area (TPSA) is 84.3 Å². The second-order valence-corrected chi connectivity index (χ2v) is 9.03. The number of sulfonamides is 1. The van der Waals surface area contributed by atoms with E-state index in [9.17, 15) is 13.2 Å². The Hall–Kier alpha value is -3.13. The van der Waals surface area contributed by atoms with Gasteiger partial charge in [0.15, 0.2) is 0 Å². The van der Waals surface area contributed by atoms with Gasteiger partial charge in [-0.15, -0.1) is 0 Å². The molecule has 3 heterocycles. The molecule has 1 aromatic heterocycles. The summed E-state index contributed by atoms with van der Waals surface area (Å²) in [6.45, 7) is 4.57. The molecule has 0 unspecified atom stereocenters. The highest BCUT2D eigenvalue weighted by molar-refractivity contribution is 7.92.